The molecule has 3 nitrogen and oxygen atoms in total. The fraction of sp³-hybridized carbons (Fsp3) is 0.455. The second kappa shape index (κ2) is 5.71. The number of halogens is 1. The molecule has 1 aromatic heterocycles. The first-order valence-electron chi connectivity index (χ1n) is 5.09. The molecule has 15 heavy (non-hydrogen) atoms. The highest BCUT2D eigenvalue weighted by molar-refractivity contribution is 6.30. The molecule has 0 atom stereocenters. The Kier molecular flexibility index (Phi) is 4.56. The minimum absolute atomic E-state index is 0.00904. The quantitative estimate of drug-likeness (QED) is 0.857. The maximum absolute atomic E-state index is 11.7. The van der Waals surface area contributed by atoms with Gasteiger partial charge in [-0.3, -0.25) is 4.79 Å². The van der Waals surface area contributed by atoms with Gasteiger partial charge in [0.15, 0.2) is 0 Å². The number of hydrogen-bond donors (Lipinski definition) is 1. The van der Waals surface area contributed by atoms with E-state index in [-0.39, 0.29) is 11.8 Å². The van der Waals surface area contributed by atoms with E-state index in [1.807, 2.05) is 13.8 Å². The van der Waals surface area contributed by atoms with E-state index in [9.17, 15) is 4.79 Å². The van der Waals surface area contributed by atoms with Crippen molar-refractivity contribution >= 4 is 23.3 Å². The number of carbonyl (C=O) groups excluding carboxylic acids is 1. The SMILES string of the molecule is CCC(CC)C(=O)Nc1cc(Cl)ccn1. The fourth-order valence-electron chi connectivity index (χ4n) is 1.36. The van der Waals surface area contributed by atoms with E-state index < -0.39 is 0 Å². The summed E-state index contributed by atoms with van der Waals surface area (Å²) in [6.45, 7) is 4.00. The van der Waals surface area contributed by atoms with Gasteiger partial charge in [-0.1, -0.05) is 25.4 Å². The monoisotopic (exact) mass is 226 g/mol. The minimum atomic E-state index is 0.00904. The summed E-state index contributed by atoms with van der Waals surface area (Å²) in [5.74, 6) is 0.569. The summed E-state index contributed by atoms with van der Waals surface area (Å²) in [4.78, 5) is 15.7. The first kappa shape index (κ1) is 12.0. The maximum atomic E-state index is 11.7. The van der Waals surface area contributed by atoms with E-state index in [1.54, 1.807) is 18.3 Å². The zero-order valence-corrected chi connectivity index (χ0v) is 9.71. The molecule has 1 amide bonds. The minimum Gasteiger partial charge on any atom is -0.310 e. The second-order valence-corrected chi connectivity index (χ2v) is 3.80. The van der Waals surface area contributed by atoms with Gasteiger partial charge in [-0.2, -0.15) is 0 Å². The summed E-state index contributed by atoms with van der Waals surface area (Å²) in [6, 6.07) is 3.32. The van der Waals surface area contributed by atoms with Crippen LogP contribution in [0.15, 0.2) is 18.3 Å². The number of nitrogens with zero attached hydrogens (tertiary/aromatic N) is 1. The summed E-state index contributed by atoms with van der Waals surface area (Å²) in [6.07, 6.45) is 3.25. The third-order valence-corrected chi connectivity index (χ3v) is 2.56. The van der Waals surface area contributed by atoms with Gasteiger partial charge in [0.1, 0.15) is 5.82 Å². The average molecular weight is 227 g/mol. The topological polar surface area (TPSA) is 42.0 Å². The van der Waals surface area contributed by atoms with Crippen LogP contribution in [0.5, 0.6) is 0 Å². The molecule has 82 valence electrons. The van der Waals surface area contributed by atoms with Crippen molar-refractivity contribution in [2.75, 3.05) is 5.32 Å². The summed E-state index contributed by atoms with van der Waals surface area (Å²) >= 11 is 5.78. The summed E-state index contributed by atoms with van der Waals surface area (Å²) in [5, 5.41) is 3.32. The number of rotatable bonds is 4. The van der Waals surface area contributed by atoms with E-state index in [0.717, 1.165) is 12.8 Å². The average Bonchev–Trinajstić information content (AvgIpc) is 2.19. The molecule has 0 unspecified atom stereocenters. The van der Waals surface area contributed by atoms with Crippen molar-refractivity contribution in [2.24, 2.45) is 5.92 Å². The Morgan fingerprint density at radius 1 is 1.53 bits per heavy atom. The predicted molar refractivity (Wildman–Crippen MR) is 61.9 cm³/mol. The van der Waals surface area contributed by atoms with Gasteiger partial charge in [0, 0.05) is 17.1 Å². The zero-order chi connectivity index (χ0) is 11.3. The van der Waals surface area contributed by atoms with Crippen molar-refractivity contribution in [1.29, 1.82) is 0 Å². The van der Waals surface area contributed by atoms with Gasteiger partial charge >= 0.3 is 0 Å². The van der Waals surface area contributed by atoms with Gasteiger partial charge < -0.3 is 5.32 Å². The molecule has 1 rings (SSSR count). The lowest BCUT2D eigenvalue weighted by molar-refractivity contribution is -0.120. The fourth-order valence-corrected chi connectivity index (χ4v) is 1.52. The molecule has 1 N–H and O–H groups in total. The Bertz CT molecular complexity index is 337. The van der Waals surface area contributed by atoms with Crippen LogP contribution in [0, 0.1) is 5.92 Å². The van der Waals surface area contributed by atoms with Crippen LogP contribution >= 0.6 is 11.6 Å². The molecule has 0 aliphatic carbocycles. The number of nitrogens with one attached hydrogen (secondary N) is 1. The van der Waals surface area contributed by atoms with Gasteiger partial charge in [-0.05, 0) is 25.0 Å². The van der Waals surface area contributed by atoms with Crippen LogP contribution in [0.25, 0.3) is 0 Å². The van der Waals surface area contributed by atoms with E-state index in [0.29, 0.717) is 10.8 Å². The molecule has 0 saturated heterocycles. The van der Waals surface area contributed by atoms with Crippen LogP contribution < -0.4 is 5.32 Å². The lowest BCUT2D eigenvalue weighted by atomic mass is 10.0. The maximum Gasteiger partial charge on any atom is 0.228 e. The van der Waals surface area contributed by atoms with Crippen LogP contribution in [0.3, 0.4) is 0 Å². The molecule has 1 aromatic rings. The summed E-state index contributed by atoms with van der Waals surface area (Å²) in [5.41, 5.74) is 0. The standard InChI is InChI=1S/C11H15ClN2O/c1-3-8(4-2)11(15)14-10-7-9(12)5-6-13-10/h5-8H,3-4H2,1-2H3,(H,13,14,15). The molecule has 0 saturated carbocycles. The van der Waals surface area contributed by atoms with Gasteiger partial charge in [-0.15, -0.1) is 0 Å². The van der Waals surface area contributed by atoms with Gasteiger partial charge in [0.2, 0.25) is 5.91 Å². The van der Waals surface area contributed by atoms with Crippen molar-refractivity contribution in [3.63, 3.8) is 0 Å². The highest BCUT2D eigenvalue weighted by Crippen LogP contribution is 2.14. The van der Waals surface area contributed by atoms with Crippen molar-refractivity contribution in [3.05, 3.63) is 23.4 Å². The Labute approximate surface area is 94.9 Å². The molecule has 0 spiro atoms. The number of hydrogen-bond acceptors (Lipinski definition) is 2. The van der Waals surface area contributed by atoms with Gasteiger partial charge in [-0.25, -0.2) is 4.98 Å². The normalized spacial score (nSPS) is 10.4. The first-order valence-corrected chi connectivity index (χ1v) is 5.47. The first-order chi connectivity index (χ1) is 7.17. The lowest BCUT2D eigenvalue weighted by Gasteiger charge is -2.11. The van der Waals surface area contributed by atoms with E-state index in [4.69, 9.17) is 11.6 Å². The molecule has 0 bridgehead atoms. The smallest absolute Gasteiger partial charge is 0.228 e. The number of anilines is 1. The van der Waals surface area contributed by atoms with Crippen LogP contribution in [-0.4, -0.2) is 10.9 Å². The Hall–Kier alpha value is -1.09. The van der Waals surface area contributed by atoms with Gasteiger partial charge in [0.05, 0.1) is 0 Å². The van der Waals surface area contributed by atoms with Crippen LogP contribution in [0.2, 0.25) is 5.02 Å². The largest absolute Gasteiger partial charge is 0.310 e. The number of carbonyl (C=O) groups is 1. The highest BCUT2D eigenvalue weighted by Gasteiger charge is 2.14. The van der Waals surface area contributed by atoms with Crippen LogP contribution in [0.4, 0.5) is 5.82 Å². The third kappa shape index (κ3) is 3.51. The van der Waals surface area contributed by atoms with E-state index in [1.165, 1.54) is 0 Å². The lowest BCUT2D eigenvalue weighted by Crippen LogP contribution is -2.22. The zero-order valence-electron chi connectivity index (χ0n) is 8.96. The van der Waals surface area contributed by atoms with Crippen molar-refractivity contribution < 1.29 is 4.79 Å². The molecule has 4 heteroatoms. The molecule has 0 fully saturated rings. The van der Waals surface area contributed by atoms with Gasteiger partial charge in [0.25, 0.3) is 0 Å². The molecule has 0 radical (unpaired) electrons. The number of aromatic nitrogens is 1. The van der Waals surface area contributed by atoms with Crippen LogP contribution in [-0.2, 0) is 4.79 Å². The van der Waals surface area contributed by atoms with Crippen LogP contribution in [0.1, 0.15) is 26.7 Å². The molecule has 0 aromatic carbocycles. The Morgan fingerprint density at radius 2 is 2.20 bits per heavy atom. The summed E-state index contributed by atoms with van der Waals surface area (Å²) in [7, 11) is 0. The van der Waals surface area contributed by atoms with Crippen molar-refractivity contribution in [3.8, 4) is 0 Å². The molecule has 0 aliphatic heterocycles. The van der Waals surface area contributed by atoms with Crippen molar-refractivity contribution in [1.82, 2.24) is 4.98 Å². The van der Waals surface area contributed by atoms with E-state index in [2.05, 4.69) is 10.3 Å². The third-order valence-electron chi connectivity index (χ3n) is 2.33. The van der Waals surface area contributed by atoms with E-state index >= 15 is 0 Å². The predicted octanol–water partition coefficient (Wildman–Crippen LogP) is 3.11. The second-order valence-electron chi connectivity index (χ2n) is 3.36. The molecular weight excluding hydrogens is 212 g/mol. The highest BCUT2D eigenvalue weighted by atomic mass is 35.5. The Balaban J connectivity index is 2.65. The molecule has 1 heterocycles. The number of amides is 1. The summed E-state index contributed by atoms with van der Waals surface area (Å²) < 4.78 is 0. The molecular formula is C11H15ClN2O. The Morgan fingerprint density at radius 3 is 2.73 bits per heavy atom. The molecule has 0 aliphatic rings. The van der Waals surface area contributed by atoms with Crippen molar-refractivity contribution in [2.45, 2.75) is 26.7 Å². The number of pyridine rings is 1.